The topological polar surface area (TPSA) is 109 Å². The number of hydrogen-bond donors (Lipinski definition) is 1. The zero-order valence-corrected chi connectivity index (χ0v) is 18.9. The minimum absolute atomic E-state index is 0.101. The van der Waals surface area contributed by atoms with E-state index in [-0.39, 0.29) is 25.3 Å². The Balaban J connectivity index is 1.90. The van der Waals surface area contributed by atoms with Gasteiger partial charge in [0.05, 0.1) is 12.2 Å². The van der Waals surface area contributed by atoms with E-state index in [4.69, 9.17) is 16.7 Å². The van der Waals surface area contributed by atoms with Gasteiger partial charge >= 0.3 is 5.97 Å². The first-order valence-corrected chi connectivity index (χ1v) is 12.2. The van der Waals surface area contributed by atoms with Crippen molar-refractivity contribution in [1.29, 1.82) is 0 Å². The first-order chi connectivity index (χ1) is 15.1. The molecule has 1 atom stereocenters. The van der Waals surface area contributed by atoms with E-state index in [0.717, 1.165) is 5.56 Å². The van der Waals surface area contributed by atoms with Crippen LogP contribution in [0, 0.1) is 5.41 Å². The van der Waals surface area contributed by atoms with Gasteiger partial charge in [-0.25, -0.2) is 17.5 Å². The molecule has 0 amide bonds. The van der Waals surface area contributed by atoms with Crippen molar-refractivity contribution in [3.05, 3.63) is 70.7 Å². The van der Waals surface area contributed by atoms with Gasteiger partial charge in [-0.2, -0.15) is 0 Å². The number of carbonyl (C=O) groups is 3. The highest BCUT2D eigenvalue weighted by Gasteiger charge is 2.45. The van der Waals surface area contributed by atoms with Crippen molar-refractivity contribution in [2.24, 2.45) is 5.41 Å². The summed E-state index contributed by atoms with van der Waals surface area (Å²) >= 11 is 5.95. The van der Waals surface area contributed by atoms with Gasteiger partial charge in [-0.05, 0) is 42.5 Å². The van der Waals surface area contributed by atoms with Gasteiger partial charge in [-0.1, -0.05) is 54.1 Å². The minimum atomic E-state index is -3.73. The lowest BCUT2D eigenvalue weighted by Gasteiger charge is -2.41. The summed E-state index contributed by atoms with van der Waals surface area (Å²) in [6.07, 6.45) is 0.204. The molecule has 0 saturated carbocycles. The average Bonchev–Trinajstić information content (AvgIpc) is 2.76. The van der Waals surface area contributed by atoms with Crippen LogP contribution in [0.25, 0.3) is 0 Å². The SMILES string of the molecule is O=C(O)C(=O)CC(=O)[C@]1(Cc2ccc(Cl)cc2)CCCN(S(=O)(=O)Cc2ccccc2)C1. The predicted molar refractivity (Wildman–Crippen MR) is 120 cm³/mol. The Morgan fingerprint density at radius 2 is 1.66 bits per heavy atom. The van der Waals surface area contributed by atoms with Crippen LogP contribution in [-0.4, -0.2) is 48.5 Å². The molecule has 32 heavy (non-hydrogen) atoms. The number of carbonyl (C=O) groups excluding carboxylic acids is 2. The third kappa shape index (κ3) is 5.82. The summed E-state index contributed by atoms with van der Waals surface area (Å²) in [6.45, 7) is 0.161. The molecule has 1 heterocycles. The smallest absolute Gasteiger partial charge is 0.372 e. The maximum absolute atomic E-state index is 13.2. The summed E-state index contributed by atoms with van der Waals surface area (Å²) in [7, 11) is -3.73. The predicted octanol–water partition coefficient (Wildman–Crippen LogP) is 3.11. The summed E-state index contributed by atoms with van der Waals surface area (Å²) in [4.78, 5) is 36.0. The molecular weight excluding hydrogens is 454 g/mol. The second-order valence-electron chi connectivity index (χ2n) is 8.09. The van der Waals surface area contributed by atoms with Gasteiger partial charge in [-0.15, -0.1) is 0 Å². The summed E-state index contributed by atoms with van der Waals surface area (Å²) in [5, 5.41) is 9.48. The van der Waals surface area contributed by atoms with Crippen molar-refractivity contribution >= 4 is 39.2 Å². The van der Waals surface area contributed by atoms with Crippen molar-refractivity contribution in [2.75, 3.05) is 13.1 Å². The maximum Gasteiger partial charge on any atom is 0.372 e. The number of aliphatic carboxylic acids is 1. The standard InChI is InChI=1S/C23H24ClNO6S/c24-19-9-7-17(8-10-19)14-23(21(27)13-20(26)22(28)29)11-4-12-25(16-23)32(30,31)15-18-5-2-1-3-6-18/h1-3,5-10H,4,11-16H2,(H,28,29)/t23-/m0/s1. The molecule has 0 unspecified atom stereocenters. The fraction of sp³-hybridized carbons (Fsp3) is 0.348. The summed E-state index contributed by atoms with van der Waals surface area (Å²) in [5.74, 6) is -3.63. The molecule has 0 aliphatic carbocycles. The Bertz CT molecular complexity index is 1100. The number of benzene rings is 2. The fourth-order valence-corrected chi connectivity index (χ4v) is 5.85. The van der Waals surface area contributed by atoms with Crippen LogP contribution < -0.4 is 0 Å². The number of Topliss-reactive ketones (excluding diaryl/α,β-unsaturated/α-hetero) is 2. The Labute approximate surface area is 192 Å². The zero-order chi connectivity index (χ0) is 23.4. The quantitative estimate of drug-likeness (QED) is 0.439. The molecule has 0 bridgehead atoms. The van der Waals surface area contributed by atoms with Gasteiger partial charge in [0, 0.05) is 23.5 Å². The van der Waals surface area contributed by atoms with Gasteiger partial charge in [0.15, 0.2) is 0 Å². The highest BCUT2D eigenvalue weighted by Crippen LogP contribution is 2.37. The number of hydrogen-bond acceptors (Lipinski definition) is 5. The minimum Gasteiger partial charge on any atom is -0.475 e. The lowest BCUT2D eigenvalue weighted by Crippen LogP contribution is -2.51. The van der Waals surface area contributed by atoms with E-state index in [1.54, 1.807) is 54.6 Å². The molecule has 2 aromatic carbocycles. The molecule has 1 aliphatic heterocycles. The molecule has 0 radical (unpaired) electrons. The van der Waals surface area contributed by atoms with Crippen LogP contribution in [0.1, 0.15) is 30.4 Å². The number of carboxylic acid groups (broad SMARTS) is 1. The summed E-state index contributed by atoms with van der Waals surface area (Å²) < 4.78 is 27.6. The van der Waals surface area contributed by atoms with Gasteiger partial charge < -0.3 is 5.11 Å². The maximum atomic E-state index is 13.2. The second kappa shape index (κ2) is 9.94. The van der Waals surface area contributed by atoms with Gasteiger partial charge in [-0.3, -0.25) is 9.59 Å². The molecule has 1 fully saturated rings. The van der Waals surface area contributed by atoms with E-state index in [1.165, 1.54) is 4.31 Å². The molecule has 2 aromatic rings. The number of carboxylic acids is 1. The molecule has 0 aromatic heterocycles. The van der Waals surface area contributed by atoms with Crippen molar-refractivity contribution in [1.82, 2.24) is 4.31 Å². The highest BCUT2D eigenvalue weighted by atomic mass is 35.5. The molecule has 3 rings (SSSR count). The van der Waals surface area contributed by atoms with E-state index in [9.17, 15) is 22.8 Å². The monoisotopic (exact) mass is 477 g/mol. The molecule has 170 valence electrons. The lowest BCUT2D eigenvalue weighted by molar-refractivity contribution is -0.151. The van der Waals surface area contributed by atoms with E-state index >= 15 is 0 Å². The third-order valence-corrected chi connectivity index (χ3v) is 7.78. The summed E-state index contributed by atoms with van der Waals surface area (Å²) in [6, 6.07) is 15.6. The highest BCUT2D eigenvalue weighted by molar-refractivity contribution is 7.88. The third-order valence-electron chi connectivity index (χ3n) is 5.73. The van der Waals surface area contributed by atoms with Crippen molar-refractivity contribution in [2.45, 2.75) is 31.4 Å². The number of ketones is 2. The van der Waals surface area contributed by atoms with Crippen LogP contribution in [0.2, 0.25) is 5.02 Å². The first-order valence-electron chi connectivity index (χ1n) is 10.2. The molecule has 1 aliphatic rings. The molecule has 7 nitrogen and oxygen atoms in total. The molecule has 9 heteroatoms. The van der Waals surface area contributed by atoms with Crippen LogP contribution in [0.15, 0.2) is 54.6 Å². The second-order valence-corrected chi connectivity index (χ2v) is 10.5. The Kier molecular flexibility index (Phi) is 7.48. The summed E-state index contributed by atoms with van der Waals surface area (Å²) in [5.41, 5.74) is 0.197. The van der Waals surface area contributed by atoms with Crippen LogP contribution in [0.3, 0.4) is 0 Å². The number of piperidine rings is 1. The van der Waals surface area contributed by atoms with E-state index in [2.05, 4.69) is 0 Å². The number of nitrogens with zero attached hydrogens (tertiary/aromatic N) is 1. The Hall–Kier alpha value is -2.55. The zero-order valence-electron chi connectivity index (χ0n) is 17.4. The molecule has 1 saturated heterocycles. The molecular formula is C23H24ClNO6S. The van der Waals surface area contributed by atoms with Crippen LogP contribution >= 0.6 is 11.6 Å². The van der Waals surface area contributed by atoms with E-state index in [0.29, 0.717) is 23.4 Å². The normalized spacial score (nSPS) is 19.4. The number of rotatable bonds is 9. The largest absolute Gasteiger partial charge is 0.475 e. The number of sulfonamides is 1. The average molecular weight is 478 g/mol. The number of halogens is 1. The van der Waals surface area contributed by atoms with Crippen molar-refractivity contribution in [3.63, 3.8) is 0 Å². The van der Waals surface area contributed by atoms with Crippen LogP contribution in [0.5, 0.6) is 0 Å². The molecule has 0 spiro atoms. The first kappa shape index (κ1) is 24.1. The van der Waals surface area contributed by atoms with E-state index in [1.807, 2.05) is 0 Å². The Morgan fingerprint density at radius 1 is 1.00 bits per heavy atom. The van der Waals surface area contributed by atoms with Crippen LogP contribution in [0.4, 0.5) is 0 Å². The van der Waals surface area contributed by atoms with Gasteiger partial charge in [0.2, 0.25) is 15.8 Å². The van der Waals surface area contributed by atoms with Crippen molar-refractivity contribution in [3.8, 4) is 0 Å². The van der Waals surface area contributed by atoms with Crippen LogP contribution in [-0.2, 0) is 36.6 Å². The van der Waals surface area contributed by atoms with Crippen molar-refractivity contribution < 1.29 is 27.9 Å². The van der Waals surface area contributed by atoms with Gasteiger partial charge in [0.1, 0.15) is 5.78 Å². The lowest BCUT2D eigenvalue weighted by atomic mass is 9.71. The van der Waals surface area contributed by atoms with Gasteiger partial charge in [0.25, 0.3) is 0 Å². The fourth-order valence-electron chi connectivity index (χ4n) is 4.08. The molecule has 1 N–H and O–H groups in total. The van der Waals surface area contributed by atoms with E-state index < -0.39 is 39.4 Å². The Morgan fingerprint density at radius 3 is 2.28 bits per heavy atom.